The Balaban J connectivity index is 0.00000372. The van der Waals surface area contributed by atoms with Crippen molar-refractivity contribution >= 4 is 36.3 Å². The van der Waals surface area contributed by atoms with Crippen molar-refractivity contribution in [3.05, 3.63) is 94.8 Å². The predicted molar refractivity (Wildman–Crippen MR) is 167 cm³/mol. The minimum absolute atomic E-state index is 0. The van der Waals surface area contributed by atoms with Crippen LogP contribution in [0.1, 0.15) is 58.5 Å². The van der Waals surface area contributed by atoms with E-state index in [1.807, 2.05) is 12.1 Å². The van der Waals surface area contributed by atoms with Crippen molar-refractivity contribution in [2.24, 2.45) is 5.92 Å². The Morgan fingerprint density at radius 3 is 2.04 bits per heavy atom. The molecule has 0 unspecified atom stereocenters. The lowest BCUT2D eigenvalue weighted by molar-refractivity contribution is -0.132. The second-order valence-corrected chi connectivity index (χ2v) is 11.9. The number of carbonyl (C=O) groups excluding carboxylic acids is 4. The average molecular weight is 646 g/mol. The molecule has 7 rings (SSSR count). The highest BCUT2D eigenvalue weighted by Gasteiger charge is 2.65. The lowest BCUT2D eigenvalue weighted by Gasteiger charge is -2.56. The van der Waals surface area contributed by atoms with Crippen LogP contribution in [0, 0.1) is 5.92 Å². The number of carbonyl (C=O) groups is 4. The lowest BCUT2D eigenvalue weighted by atomic mass is 9.53. The summed E-state index contributed by atoms with van der Waals surface area (Å²) in [6.07, 6.45) is 3.51. The van der Waals surface area contributed by atoms with Crippen molar-refractivity contribution in [2.45, 2.75) is 50.7 Å². The maximum absolute atomic E-state index is 13.5. The van der Waals surface area contributed by atoms with Gasteiger partial charge in [-0.05, 0) is 80.7 Å². The van der Waals surface area contributed by atoms with E-state index in [0.29, 0.717) is 17.9 Å². The molecule has 238 valence electrons. The molecule has 0 radical (unpaired) electrons. The fraction of sp³-hybridized carbons (Fsp3) is 0.314. The van der Waals surface area contributed by atoms with Gasteiger partial charge in [0, 0.05) is 30.9 Å². The smallest absolute Gasteiger partial charge is 0.347 e. The minimum Gasteiger partial charge on any atom is -0.477 e. The van der Waals surface area contributed by atoms with Gasteiger partial charge in [0.05, 0.1) is 0 Å². The molecule has 11 heteroatoms. The molecule has 1 fully saturated rings. The summed E-state index contributed by atoms with van der Waals surface area (Å²) in [5.41, 5.74) is 1.81. The molecule has 1 saturated heterocycles. The van der Waals surface area contributed by atoms with Gasteiger partial charge in [-0.15, -0.1) is 12.4 Å². The van der Waals surface area contributed by atoms with Gasteiger partial charge in [0.15, 0.2) is 17.6 Å². The first kappa shape index (κ1) is 31.3. The van der Waals surface area contributed by atoms with E-state index in [0.717, 1.165) is 30.5 Å². The van der Waals surface area contributed by atoms with Gasteiger partial charge in [-0.2, -0.15) is 0 Å². The Bertz CT molecular complexity index is 1800. The number of hydrogen-bond acceptors (Lipinski definition) is 10. The highest BCUT2D eigenvalue weighted by molar-refractivity contribution is 5.95. The van der Waals surface area contributed by atoms with Gasteiger partial charge in [-0.3, -0.25) is 9.59 Å². The number of allylic oxidation sites excluding steroid dienone is 1. The van der Waals surface area contributed by atoms with E-state index in [4.69, 9.17) is 23.7 Å². The van der Waals surface area contributed by atoms with E-state index in [1.54, 1.807) is 42.5 Å². The van der Waals surface area contributed by atoms with E-state index in [1.165, 1.54) is 26.0 Å². The van der Waals surface area contributed by atoms with Gasteiger partial charge >= 0.3 is 23.9 Å². The Kier molecular flexibility index (Phi) is 8.12. The maximum Gasteiger partial charge on any atom is 0.347 e. The van der Waals surface area contributed by atoms with Crippen LogP contribution in [0.15, 0.2) is 72.5 Å². The van der Waals surface area contributed by atoms with Crippen molar-refractivity contribution in [3.63, 3.8) is 0 Å². The van der Waals surface area contributed by atoms with Gasteiger partial charge in [-0.25, -0.2) is 9.59 Å². The Morgan fingerprint density at radius 2 is 1.41 bits per heavy atom. The van der Waals surface area contributed by atoms with Crippen LogP contribution in [0.2, 0.25) is 0 Å². The molecule has 2 aliphatic carbocycles. The average Bonchev–Trinajstić information content (AvgIpc) is 3.36. The number of para-hydroxylation sites is 2. The first-order valence-electron chi connectivity index (χ1n) is 14.9. The van der Waals surface area contributed by atoms with Crippen LogP contribution in [0.3, 0.4) is 0 Å². The molecule has 2 heterocycles. The molecule has 0 aromatic heterocycles. The molecule has 0 amide bonds. The zero-order chi connectivity index (χ0) is 31.5. The molecule has 0 saturated carbocycles. The van der Waals surface area contributed by atoms with Crippen LogP contribution >= 0.6 is 12.4 Å². The number of benzene rings is 3. The fourth-order valence-corrected chi connectivity index (χ4v) is 7.56. The zero-order valence-corrected chi connectivity index (χ0v) is 26.3. The SMILES string of the molecule is CC(=O)Oc1ccccc1C(=O)OC1=CC[C@H]2[C@H]3Cc4ccc(OC(=O)c5ccccc5OC(C)=O)c5c4[C@@]2(CCN3C)[C@H]1O5.Cl. The highest BCUT2D eigenvalue weighted by atomic mass is 35.5. The van der Waals surface area contributed by atoms with Crippen molar-refractivity contribution in [1.29, 1.82) is 0 Å². The number of hydrogen-bond donors (Lipinski definition) is 0. The normalized spacial score (nSPS) is 23.5. The lowest BCUT2D eigenvalue weighted by Crippen LogP contribution is -2.63. The van der Waals surface area contributed by atoms with E-state index < -0.39 is 35.4 Å². The van der Waals surface area contributed by atoms with Gasteiger partial charge in [0.2, 0.25) is 0 Å². The molecular weight excluding hydrogens is 614 g/mol. The molecular formula is C35H32ClNO9. The highest BCUT2D eigenvalue weighted by Crippen LogP contribution is 2.64. The molecule has 1 spiro atoms. The topological polar surface area (TPSA) is 118 Å². The van der Waals surface area contributed by atoms with E-state index in [9.17, 15) is 19.2 Å². The molecule has 10 nitrogen and oxygen atoms in total. The molecule has 2 aliphatic heterocycles. The van der Waals surface area contributed by atoms with Gasteiger partial charge in [0.1, 0.15) is 28.4 Å². The number of rotatable bonds is 6. The molecule has 4 aliphatic rings. The summed E-state index contributed by atoms with van der Waals surface area (Å²) in [5, 5.41) is 0. The number of nitrogens with zero attached hydrogens (tertiary/aromatic N) is 1. The van der Waals surface area contributed by atoms with Gasteiger partial charge in [0.25, 0.3) is 0 Å². The van der Waals surface area contributed by atoms with Crippen LogP contribution in [0.25, 0.3) is 0 Å². The van der Waals surface area contributed by atoms with Crippen LogP contribution in [-0.2, 0) is 26.2 Å². The number of likely N-dealkylation sites (tertiary alicyclic amines) is 1. The second kappa shape index (κ2) is 11.9. The monoisotopic (exact) mass is 645 g/mol. The van der Waals surface area contributed by atoms with Gasteiger partial charge in [-0.1, -0.05) is 30.3 Å². The molecule has 0 N–H and O–H groups in total. The third-order valence-corrected chi connectivity index (χ3v) is 9.34. The summed E-state index contributed by atoms with van der Waals surface area (Å²) in [5.74, 6) is -1.01. The zero-order valence-electron chi connectivity index (χ0n) is 25.4. The van der Waals surface area contributed by atoms with Crippen molar-refractivity contribution in [3.8, 4) is 23.0 Å². The summed E-state index contributed by atoms with van der Waals surface area (Å²) in [7, 11) is 2.14. The van der Waals surface area contributed by atoms with E-state index in [2.05, 4.69) is 11.9 Å². The van der Waals surface area contributed by atoms with Crippen LogP contribution in [0.4, 0.5) is 0 Å². The third kappa shape index (κ3) is 5.02. The molecule has 2 bridgehead atoms. The number of likely N-dealkylation sites (N-methyl/N-ethyl adjacent to an activating group) is 1. The minimum atomic E-state index is -0.697. The Morgan fingerprint density at radius 1 is 0.804 bits per heavy atom. The van der Waals surface area contributed by atoms with Gasteiger partial charge < -0.3 is 28.6 Å². The van der Waals surface area contributed by atoms with Crippen molar-refractivity contribution < 1.29 is 42.9 Å². The summed E-state index contributed by atoms with van der Waals surface area (Å²) in [6, 6.07) is 16.8. The third-order valence-electron chi connectivity index (χ3n) is 9.34. The quantitative estimate of drug-likeness (QED) is 0.262. The summed E-state index contributed by atoms with van der Waals surface area (Å²) in [4.78, 5) is 52.6. The molecule has 4 atom stereocenters. The predicted octanol–water partition coefficient (Wildman–Crippen LogP) is 5.20. The van der Waals surface area contributed by atoms with Crippen LogP contribution in [-0.4, -0.2) is 54.5 Å². The van der Waals surface area contributed by atoms with Crippen LogP contribution in [0.5, 0.6) is 23.0 Å². The second-order valence-electron chi connectivity index (χ2n) is 11.9. The summed E-state index contributed by atoms with van der Waals surface area (Å²) in [6.45, 7) is 3.35. The number of ether oxygens (including phenoxy) is 5. The van der Waals surface area contributed by atoms with E-state index in [-0.39, 0.29) is 52.7 Å². The Labute approximate surface area is 271 Å². The van der Waals surface area contributed by atoms with E-state index >= 15 is 0 Å². The largest absolute Gasteiger partial charge is 0.477 e. The van der Waals surface area contributed by atoms with Crippen molar-refractivity contribution in [2.75, 3.05) is 13.6 Å². The number of piperidine rings is 1. The molecule has 46 heavy (non-hydrogen) atoms. The summed E-state index contributed by atoms with van der Waals surface area (Å²) < 4.78 is 29.2. The number of esters is 4. The fourth-order valence-electron chi connectivity index (χ4n) is 7.56. The first-order chi connectivity index (χ1) is 21.7. The standard InChI is InChI=1S/C35H31NO9.ClH/c1-19(37)41-26-10-6-4-8-22(26)33(39)43-28-14-12-21-18-25-24-13-15-29(32-35(24,16-17-36(25)3)30(21)31(28)45-32)44-34(40)23-9-5-7-11-27(23)42-20(2)38;/h4-12,14-15,24-25,32H,13,16-18H2,1-3H3;1H/t24-,25+,32-,35-;/m0./s1. The summed E-state index contributed by atoms with van der Waals surface area (Å²) >= 11 is 0. The first-order valence-corrected chi connectivity index (χ1v) is 14.9. The molecule has 3 aromatic carbocycles. The number of halogens is 1. The maximum atomic E-state index is 13.5. The van der Waals surface area contributed by atoms with Crippen molar-refractivity contribution in [1.82, 2.24) is 4.90 Å². The Hall–Kier alpha value is -4.67. The van der Waals surface area contributed by atoms with Crippen LogP contribution < -0.4 is 18.9 Å². The molecule has 3 aromatic rings.